The van der Waals surface area contributed by atoms with Crippen molar-refractivity contribution in [3.63, 3.8) is 0 Å². The Kier molecular flexibility index (Phi) is 4.09. The molecule has 0 aromatic carbocycles. The van der Waals surface area contributed by atoms with Gasteiger partial charge in [0.25, 0.3) is 0 Å². The van der Waals surface area contributed by atoms with Gasteiger partial charge in [-0.3, -0.25) is 0 Å². The second-order valence-electron chi connectivity index (χ2n) is 6.08. The minimum Gasteiger partial charge on any atom is -0.389 e. The average Bonchev–Trinajstić information content (AvgIpc) is 2.82. The van der Waals surface area contributed by atoms with Crippen molar-refractivity contribution >= 4 is 23.0 Å². The van der Waals surface area contributed by atoms with Crippen LogP contribution in [0.25, 0.3) is 0 Å². The predicted molar refractivity (Wildman–Crippen MR) is 84.7 cm³/mol. The molecule has 0 saturated heterocycles. The summed E-state index contributed by atoms with van der Waals surface area (Å²) in [4.78, 5) is 5.16. The van der Waals surface area contributed by atoms with Crippen molar-refractivity contribution in [3.8, 4) is 0 Å². The normalized spacial score (nSPS) is 14.3. The number of aryl methyl sites for hydroxylation is 2. The number of nitrogens with zero attached hydrogens (tertiary/aromatic N) is 1. The van der Waals surface area contributed by atoms with E-state index in [-0.39, 0.29) is 5.41 Å². The predicted octanol–water partition coefficient (Wildman–Crippen LogP) is 3.05. The smallest absolute Gasteiger partial charge is 0.136 e. The maximum Gasteiger partial charge on any atom is 0.136 e. The fraction of sp³-hybridized carbons (Fsp3) is 0.600. The summed E-state index contributed by atoms with van der Waals surface area (Å²) in [5.41, 5.74) is 9.48. The molecule has 3 N–H and O–H groups in total. The molecule has 1 aliphatic carbocycles. The van der Waals surface area contributed by atoms with Crippen LogP contribution in [0.15, 0.2) is 6.07 Å². The van der Waals surface area contributed by atoms with E-state index in [1.54, 1.807) is 0 Å². The molecule has 1 aromatic heterocycles. The van der Waals surface area contributed by atoms with Crippen LogP contribution in [0.5, 0.6) is 0 Å². The summed E-state index contributed by atoms with van der Waals surface area (Å²) < 4.78 is 0. The Morgan fingerprint density at radius 3 is 2.84 bits per heavy atom. The summed E-state index contributed by atoms with van der Waals surface area (Å²) >= 11 is 5.15. The number of nitrogens with one attached hydrogen (secondary N) is 1. The maximum atomic E-state index is 5.83. The highest BCUT2D eigenvalue weighted by Gasteiger charge is 2.20. The molecule has 19 heavy (non-hydrogen) atoms. The van der Waals surface area contributed by atoms with E-state index < -0.39 is 0 Å². The summed E-state index contributed by atoms with van der Waals surface area (Å²) in [7, 11) is 0. The molecule has 1 aliphatic rings. The number of pyridine rings is 1. The second-order valence-corrected chi connectivity index (χ2v) is 6.52. The van der Waals surface area contributed by atoms with Crippen LogP contribution in [0.2, 0.25) is 0 Å². The van der Waals surface area contributed by atoms with Gasteiger partial charge in [0, 0.05) is 12.2 Å². The summed E-state index contributed by atoms with van der Waals surface area (Å²) in [6, 6.07) is 2.12. The van der Waals surface area contributed by atoms with Crippen LogP contribution in [-0.2, 0) is 12.8 Å². The fourth-order valence-electron chi connectivity index (χ4n) is 2.24. The number of fused-ring (bicyclic) bond motifs is 1. The number of aromatic nitrogens is 1. The van der Waals surface area contributed by atoms with Crippen LogP contribution in [0.1, 0.15) is 50.4 Å². The first-order valence-electron chi connectivity index (χ1n) is 6.99. The van der Waals surface area contributed by atoms with Gasteiger partial charge in [-0.05, 0) is 42.7 Å². The van der Waals surface area contributed by atoms with Crippen molar-refractivity contribution in [2.75, 3.05) is 11.9 Å². The maximum absolute atomic E-state index is 5.83. The quantitative estimate of drug-likeness (QED) is 0.812. The van der Waals surface area contributed by atoms with E-state index in [0.29, 0.717) is 4.99 Å². The van der Waals surface area contributed by atoms with Gasteiger partial charge in [-0.15, -0.1) is 0 Å². The Labute approximate surface area is 121 Å². The van der Waals surface area contributed by atoms with Gasteiger partial charge >= 0.3 is 0 Å². The van der Waals surface area contributed by atoms with Crippen LogP contribution in [0.3, 0.4) is 0 Å². The summed E-state index contributed by atoms with van der Waals surface area (Å²) in [5.74, 6) is 0.856. The highest BCUT2D eigenvalue weighted by molar-refractivity contribution is 7.80. The zero-order chi connectivity index (χ0) is 14.0. The summed E-state index contributed by atoms with van der Waals surface area (Å²) in [6.45, 7) is 7.57. The third kappa shape index (κ3) is 3.24. The zero-order valence-electron chi connectivity index (χ0n) is 12.0. The fourth-order valence-corrected chi connectivity index (χ4v) is 2.40. The van der Waals surface area contributed by atoms with Crippen molar-refractivity contribution in [1.82, 2.24) is 4.98 Å². The number of rotatable bonds is 5. The topological polar surface area (TPSA) is 50.9 Å². The van der Waals surface area contributed by atoms with Gasteiger partial charge in [-0.25, -0.2) is 4.98 Å². The molecule has 0 saturated carbocycles. The first-order valence-corrected chi connectivity index (χ1v) is 7.40. The third-order valence-corrected chi connectivity index (χ3v) is 4.23. The Bertz CT molecular complexity index is 494. The molecule has 0 bridgehead atoms. The first-order chi connectivity index (χ1) is 8.93. The van der Waals surface area contributed by atoms with Crippen molar-refractivity contribution in [1.29, 1.82) is 0 Å². The lowest BCUT2D eigenvalue weighted by Gasteiger charge is -2.24. The van der Waals surface area contributed by atoms with Gasteiger partial charge in [-0.2, -0.15) is 0 Å². The second kappa shape index (κ2) is 5.45. The molecule has 4 heteroatoms. The molecule has 0 atom stereocenters. The minimum absolute atomic E-state index is 0.244. The number of hydrogen-bond acceptors (Lipinski definition) is 3. The van der Waals surface area contributed by atoms with E-state index in [0.717, 1.165) is 37.2 Å². The summed E-state index contributed by atoms with van der Waals surface area (Å²) in [5, 5.41) is 3.44. The van der Waals surface area contributed by atoms with Crippen LogP contribution in [0, 0.1) is 5.41 Å². The largest absolute Gasteiger partial charge is 0.389 e. The van der Waals surface area contributed by atoms with Gasteiger partial charge in [0.2, 0.25) is 0 Å². The molecule has 0 aliphatic heterocycles. The van der Waals surface area contributed by atoms with Crippen molar-refractivity contribution in [2.24, 2.45) is 11.1 Å². The molecule has 104 valence electrons. The molecule has 0 unspecified atom stereocenters. The van der Waals surface area contributed by atoms with Gasteiger partial charge in [0.1, 0.15) is 10.8 Å². The Hall–Kier alpha value is -1.16. The van der Waals surface area contributed by atoms with E-state index in [2.05, 4.69) is 32.2 Å². The molecule has 1 aromatic rings. The molecular formula is C15H23N3S. The minimum atomic E-state index is 0.244. The van der Waals surface area contributed by atoms with Crippen LogP contribution in [-0.4, -0.2) is 16.5 Å². The molecule has 0 fully saturated rings. The number of nitrogens with two attached hydrogens (primary N) is 1. The molecule has 1 heterocycles. The van der Waals surface area contributed by atoms with Gasteiger partial charge in [-0.1, -0.05) is 33.0 Å². The van der Waals surface area contributed by atoms with Gasteiger partial charge in [0.05, 0.1) is 5.56 Å². The van der Waals surface area contributed by atoms with E-state index in [9.17, 15) is 0 Å². The van der Waals surface area contributed by atoms with E-state index in [4.69, 9.17) is 22.9 Å². The average molecular weight is 277 g/mol. The lowest BCUT2D eigenvalue weighted by molar-refractivity contribution is 0.376. The van der Waals surface area contributed by atoms with E-state index in [1.165, 1.54) is 17.7 Å². The Balaban J connectivity index is 2.26. The summed E-state index contributed by atoms with van der Waals surface area (Å²) in [6.07, 6.45) is 4.47. The molecule has 3 nitrogen and oxygen atoms in total. The van der Waals surface area contributed by atoms with Crippen LogP contribution < -0.4 is 11.1 Å². The molecular weight excluding hydrogens is 254 g/mol. The van der Waals surface area contributed by atoms with Crippen molar-refractivity contribution < 1.29 is 0 Å². The molecule has 0 amide bonds. The van der Waals surface area contributed by atoms with Gasteiger partial charge < -0.3 is 11.1 Å². The highest BCUT2D eigenvalue weighted by Crippen LogP contribution is 2.27. The zero-order valence-corrected chi connectivity index (χ0v) is 12.9. The van der Waals surface area contributed by atoms with Crippen molar-refractivity contribution in [3.05, 3.63) is 22.9 Å². The lowest BCUT2D eigenvalue weighted by Crippen LogP contribution is -2.24. The van der Waals surface area contributed by atoms with E-state index in [1.807, 2.05) is 0 Å². The van der Waals surface area contributed by atoms with Gasteiger partial charge in [0.15, 0.2) is 0 Å². The number of hydrogen-bond donors (Lipinski definition) is 2. The SMILES string of the molecule is CCC(C)(C)CNc1nc2c(cc1C(N)=S)CCC2. The molecule has 2 rings (SSSR count). The Morgan fingerprint density at radius 1 is 1.47 bits per heavy atom. The Morgan fingerprint density at radius 2 is 2.21 bits per heavy atom. The molecule has 0 radical (unpaired) electrons. The molecule has 0 spiro atoms. The van der Waals surface area contributed by atoms with E-state index >= 15 is 0 Å². The van der Waals surface area contributed by atoms with Crippen LogP contribution in [0.4, 0.5) is 5.82 Å². The monoisotopic (exact) mass is 277 g/mol. The number of thiocarbonyl (C=S) groups is 1. The van der Waals surface area contributed by atoms with Crippen molar-refractivity contribution in [2.45, 2.75) is 46.5 Å². The standard InChI is InChI=1S/C15H23N3S/c1-4-15(2,3)9-17-14-11(13(16)19)8-10-6-5-7-12(10)18-14/h8H,4-7,9H2,1-3H3,(H2,16,19)(H,17,18). The number of anilines is 1. The van der Waals surface area contributed by atoms with Crippen LogP contribution >= 0.6 is 12.2 Å². The lowest BCUT2D eigenvalue weighted by atomic mass is 9.90. The highest BCUT2D eigenvalue weighted by atomic mass is 32.1. The first kappa shape index (κ1) is 14.3. The third-order valence-electron chi connectivity index (χ3n) is 4.01.